The molecule has 7 heteroatoms. The molecule has 156 valence electrons. The molecule has 4 rings (SSSR count). The first-order valence-corrected chi connectivity index (χ1v) is 9.76. The molecule has 3 aromatic rings. The standard InChI is InChI=1S/C23H22F3N3O/c1-15(2)21-20-12-7-13-28(20)19-11-6-3-8-16(19)14-29(21)22(30)27-18-10-5-4-9-17(18)23(24,25)26/h3-13,15,21H,14H2,1-2H3,(H,27,30). The Hall–Kier alpha value is -3.22. The van der Waals surface area contributed by atoms with Crippen LogP contribution >= 0.6 is 0 Å². The summed E-state index contributed by atoms with van der Waals surface area (Å²) >= 11 is 0. The van der Waals surface area contributed by atoms with Gasteiger partial charge in [0.05, 0.1) is 29.5 Å². The average Bonchev–Trinajstić information content (AvgIpc) is 3.11. The minimum Gasteiger partial charge on any atom is -0.318 e. The molecule has 1 aliphatic rings. The van der Waals surface area contributed by atoms with Crippen LogP contribution in [0.15, 0.2) is 66.9 Å². The van der Waals surface area contributed by atoms with E-state index in [2.05, 4.69) is 9.88 Å². The van der Waals surface area contributed by atoms with Crippen LogP contribution in [0.2, 0.25) is 0 Å². The van der Waals surface area contributed by atoms with Crippen LogP contribution in [-0.2, 0) is 12.7 Å². The molecule has 1 unspecified atom stereocenters. The number of nitrogens with one attached hydrogen (secondary N) is 1. The van der Waals surface area contributed by atoms with Gasteiger partial charge in [0, 0.05) is 11.9 Å². The number of benzene rings is 2. The van der Waals surface area contributed by atoms with Gasteiger partial charge in [-0.2, -0.15) is 13.2 Å². The molecular weight excluding hydrogens is 391 g/mol. The smallest absolute Gasteiger partial charge is 0.318 e. The lowest BCUT2D eigenvalue weighted by Gasteiger charge is -2.33. The maximum Gasteiger partial charge on any atom is 0.418 e. The fourth-order valence-electron chi connectivity index (χ4n) is 4.10. The van der Waals surface area contributed by atoms with E-state index in [0.29, 0.717) is 6.54 Å². The third kappa shape index (κ3) is 3.56. The zero-order valence-corrected chi connectivity index (χ0v) is 16.6. The summed E-state index contributed by atoms with van der Waals surface area (Å²) in [5.41, 5.74) is 1.71. The molecule has 0 saturated carbocycles. The number of amides is 2. The Morgan fingerprint density at radius 3 is 2.47 bits per heavy atom. The van der Waals surface area contributed by atoms with Crippen molar-refractivity contribution in [2.24, 2.45) is 5.92 Å². The molecule has 1 atom stereocenters. The van der Waals surface area contributed by atoms with Gasteiger partial charge in [-0.05, 0) is 41.8 Å². The molecule has 30 heavy (non-hydrogen) atoms. The van der Waals surface area contributed by atoms with Crippen molar-refractivity contribution in [3.8, 4) is 5.69 Å². The summed E-state index contributed by atoms with van der Waals surface area (Å²) in [5, 5.41) is 2.51. The van der Waals surface area contributed by atoms with E-state index in [4.69, 9.17) is 0 Å². The number of alkyl halides is 3. The zero-order chi connectivity index (χ0) is 21.5. The third-order valence-corrected chi connectivity index (χ3v) is 5.38. The number of carbonyl (C=O) groups is 1. The van der Waals surface area contributed by atoms with Gasteiger partial charge in [-0.1, -0.05) is 44.2 Å². The average molecular weight is 413 g/mol. The number of halogens is 3. The topological polar surface area (TPSA) is 37.3 Å². The number of hydrogen-bond acceptors (Lipinski definition) is 1. The van der Waals surface area contributed by atoms with E-state index in [1.807, 2.05) is 56.4 Å². The third-order valence-electron chi connectivity index (χ3n) is 5.38. The summed E-state index contributed by atoms with van der Waals surface area (Å²) in [5.74, 6) is 0.0524. The van der Waals surface area contributed by atoms with Crippen LogP contribution in [0.5, 0.6) is 0 Å². The summed E-state index contributed by atoms with van der Waals surface area (Å²) in [4.78, 5) is 14.9. The maximum atomic E-state index is 13.4. The summed E-state index contributed by atoms with van der Waals surface area (Å²) in [7, 11) is 0. The Bertz CT molecular complexity index is 1070. The van der Waals surface area contributed by atoms with Crippen LogP contribution < -0.4 is 5.32 Å². The zero-order valence-electron chi connectivity index (χ0n) is 16.6. The van der Waals surface area contributed by atoms with Crippen molar-refractivity contribution in [1.29, 1.82) is 0 Å². The van der Waals surface area contributed by atoms with E-state index in [1.54, 1.807) is 4.90 Å². The molecule has 0 aliphatic carbocycles. The van der Waals surface area contributed by atoms with Gasteiger partial charge in [0.2, 0.25) is 0 Å². The Balaban J connectivity index is 1.76. The van der Waals surface area contributed by atoms with Gasteiger partial charge in [0.25, 0.3) is 0 Å². The van der Waals surface area contributed by atoms with Crippen molar-refractivity contribution in [1.82, 2.24) is 9.47 Å². The second kappa shape index (κ2) is 7.55. The van der Waals surface area contributed by atoms with Crippen LogP contribution in [0.1, 0.15) is 36.7 Å². The highest BCUT2D eigenvalue weighted by Crippen LogP contribution is 2.38. The van der Waals surface area contributed by atoms with E-state index < -0.39 is 17.8 Å². The van der Waals surface area contributed by atoms with Crippen molar-refractivity contribution < 1.29 is 18.0 Å². The number of fused-ring (bicyclic) bond motifs is 3. The fraction of sp³-hybridized carbons (Fsp3) is 0.261. The second-order valence-electron chi connectivity index (χ2n) is 7.72. The SMILES string of the molecule is CC(C)C1c2cccn2-c2ccccc2CN1C(=O)Nc1ccccc1C(F)(F)F. The van der Waals surface area contributed by atoms with E-state index in [1.165, 1.54) is 18.2 Å². The van der Waals surface area contributed by atoms with Gasteiger partial charge in [-0.25, -0.2) is 4.79 Å². The van der Waals surface area contributed by atoms with Crippen LogP contribution in [0, 0.1) is 5.92 Å². The second-order valence-corrected chi connectivity index (χ2v) is 7.72. The van der Waals surface area contributed by atoms with Crippen LogP contribution in [-0.4, -0.2) is 15.5 Å². The predicted octanol–water partition coefficient (Wildman–Crippen LogP) is 6.24. The largest absolute Gasteiger partial charge is 0.418 e. The number of para-hydroxylation sites is 2. The van der Waals surface area contributed by atoms with Gasteiger partial charge in [-0.15, -0.1) is 0 Å². The Labute approximate surface area is 172 Å². The van der Waals surface area contributed by atoms with E-state index in [-0.39, 0.29) is 17.6 Å². The number of anilines is 1. The molecular formula is C23H22F3N3O. The molecule has 2 aromatic carbocycles. The van der Waals surface area contributed by atoms with Gasteiger partial charge >= 0.3 is 12.2 Å². The lowest BCUT2D eigenvalue weighted by atomic mass is 9.99. The number of urea groups is 1. The molecule has 1 N–H and O–H groups in total. The maximum absolute atomic E-state index is 13.4. The number of aromatic nitrogens is 1. The number of rotatable bonds is 2. The molecule has 1 aliphatic heterocycles. The van der Waals surface area contributed by atoms with Gasteiger partial charge in [-0.3, -0.25) is 0 Å². The summed E-state index contributed by atoms with van der Waals surface area (Å²) in [6, 6.07) is 15.8. The van der Waals surface area contributed by atoms with Crippen LogP contribution in [0.4, 0.5) is 23.7 Å². The number of hydrogen-bond donors (Lipinski definition) is 1. The normalized spacial score (nSPS) is 16.1. The molecule has 0 bridgehead atoms. The fourth-order valence-corrected chi connectivity index (χ4v) is 4.10. The molecule has 2 heterocycles. The van der Waals surface area contributed by atoms with Crippen molar-refractivity contribution in [2.45, 2.75) is 32.6 Å². The van der Waals surface area contributed by atoms with Crippen molar-refractivity contribution in [2.75, 3.05) is 5.32 Å². The highest BCUT2D eigenvalue weighted by atomic mass is 19.4. The highest BCUT2D eigenvalue weighted by Gasteiger charge is 2.36. The number of nitrogens with zero attached hydrogens (tertiary/aromatic N) is 2. The molecule has 4 nitrogen and oxygen atoms in total. The van der Waals surface area contributed by atoms with Gasteiger partial charge in [0.15, 0.2) is 0 Å². The van der Waals surface area contributed by atoms with E-state index in [0.717, 1.165) is 23.0 Å². The van der Waals surface area contributed by atoms with Gasteiger partial charge in [0.1, 0.15) is 0 Å². The number of carbonyl (C=O) groups excluding carboxylic acids is 1. The van der Waals surface area contributed by atoms with Crippen molar-refractivity contribution in [3.05, 3.63) is 83.7 Å². The summed E-state index contributed by atoms with van der Waals surface area (Å²) in [6.07, 6.45) is -2.61. The molecule has 1 aromatic heterocycles. The molecule has 0 radical (unpaired) electrons. The highest BCUT2D eigenvalue weighted by molar-refractivity contribution is 5.90. The van der Waals surface area contributed by atoms with Crippen molar-refractivity contribution >= 4 is 11.7 Å². The Kier molecular flexibility index (Phi) is 5.05. The van der Waals surface area contributed by atoms with E-state index in [9.17, 15) is 18.0 Å². The molecule has 0 spiro atoms. The first-order valence-electron chi connectivity index (χ1n) is 9.76. The summed E-state index contributed by atoms with van der Waals surface area (Å²) < 4.78 is 42.2. The Morgan fingerprint density at radius 2 is 1.73 bits per heavy atom. The molecule has 0 fully saturated rings. The molecule has 0 saturated heterocycles. The van der Waals surface area contributed by atoms with Gasteiger partial charge < -0.3 is 14.8 Å². The lowest BCUT2D eigenvalue weighted by Crippen LogP contribution is -2.39. The van der Waals surface area contributed by atoms with E-state index >= 15 is 0 Å². The quantitative estimate of drug-likeness (QED) is 0.530. The first-order chi connectivity index (χ1) is 14.3. The first kappa shape index (κ1) is 20.1. The minimum absolute atomic E-state index is 0.0524. The molecule has 2 amide bonds. The summed E-state index contributed by atoms with van der Waals surface area (Å²) in [6.45, 7) is 4.30. The minimum atomic E-state index is -4.55. The predicted molar refractivity (Wildman–Crippen MR) is 109 cm³/mol. The lowest BCUT2D eigenvalue weighted by molar-refractivity contribution is -0.136. The van der Waals surface area contributed by atoms with Crippen LogP contribution in [0.3, 0.4) is 0 Å². The monoisotopic (exact) mass is 413 g/mol. The van der Waals surface area contributed by atoms with Crippen molar-refractivity contribution in [3.63, 3.8) is 0 Å². The van der Waals surface area contributed by atoms with Crippen LogP contribution in [0.25, 0.3) is 5.69 Å². The Morgan fingerprint density at radius 1 is 1.03 bits per heavy atom.